The first kappa shape index (κ1) is 28.6. The number of aromatic amines is 1. The number of H-pyrrole nitrogens is 1. The van der Waals surface area contributed by atoms with Gasteiger partial charge >= 0.3 is 0 Å². The van der Waals surface area contributed by atoms with Gasteiger partial charge in [0.15, 0.2) is 0 Å². The van der Waals surface area contributed by atoms with Gasteiger partial charge in [-0.25, -0.2) is 4.39 Å². The topological polar surface area (TPSA) is 65.6 Å². The predicted octanol–water partition coefficient (Wildman–Crippen LogP) is 6.62. The highest BCUT2D eigenvalue weighted by Crippen LogP contribution is 2.20. The number of aromatic nitrogens is 1. The molecule has 0 aliphatic carbocycles. The monoisotopic (exact) mass is 563 g/mol. The van der Waals surface area contributed by atoms with Crippen molar-refractivity contribution in [1.29, 1.82) is 0 Å². The second-order valence-electron chi connectivity index (χ2n) is 10.2. The average molecular weight is 564 g/mol. The van der Waals surface area contributed by atoms with E-state index < -0.39 is 0 Å². The molecule has 0 aliphatic rings. The lowest BCUT2D eigenvalue weighted by Gasteiger charge is -2.28. The highest BCUT2D eigenvalue weighted by Gasteiger charge is 2.23. The van der Waals surface area contributed by atoms with E-state index in [1.807, 2.05) is 61.7 Å². The van der Waals surface area contributed by atoms with E-state index in [0.717, 1.165) is 33.3 Å². The maximum atomic E-state index is 14.0. The Labute approximate surface area is 245 Å². The summed E-state index contributed by atoms with van der Waals surface area (Å²) in [5.41, 5.74) is 4.37. The molecule has 2 amide bonds. The number of halogens is 1. The molecule has 4 aromatic carbocycles. The molecular weight excluding hydrogens is 529 g/mol. The van der Waals surface area contributed by atoms with E-state index in [4.69, 9.17) is 4.74 Å². The summed E-state index contributed by atoms with van der Waals surface area (Å²) in [4.78, 5) is 34.2. The van der Waals surface area contributed by atoms with Crippen molar-refractivity contribution >= 4 is 22.7 Å². The first-order valence-corrected chi connectivity index (χ1v) is 14.1. The Balaban J connectivity index is 1.39. The van der Waals surface area contributed by atoms with Crippen molar-refractivity contribution in [2.45, 2.75) is 26.4 Å². The van der Waals surface area contributed by atoms with E-state index in [2.05, 4.69) is 11.1 Å². The Morgan fingerprint density at radius 3 is 2.14 bits per heavy atom. The minimum atomic E-state index is -0.352. The molecule has 0 fully saturated rings. The molecule has 5 aromatic rings. The lowest BCUT2D eigenvalue weighted by molar-refractivity contribution is -0.132. The summed E-state index contributed by atoms with van der Waals surface area (Å²) >= 11 is 0. The zero-order chi connectivity index (χ0) is 29.3. The minimum Gasteiger partial charge on any atom is -0.494 e. The third-order valence-electron chi connectivity index (χ3n) is 7.21. The van der Waals surface area contributed by atoms with Crippen LogP contribution in [-0.2, 0) is 24.3 Å². The summed E-state index contributed by atoms with van der Waals surface area (Å²) < 4.78 is 19.2. The van der Waals surface area contributed by atoms with E-state index in [-0.39, 0.29) is 30.7 Å². The van der Waals surface area contributed by atoms with E-state index in [1.54, 1.807) is 41.3 Å². The fourth-order valence-corrected chi connectivity index (χ4v) is 5.00. The zero-order valence-corrected chi connectivity index (χ0v) is 23.6. The zero-order valence-electron chi connectivity index (χ0n) is 23.6. The first-order valence-electron chi connectivity index (χ1n) is 14.1. The van der Waals surface area contributed by atoms with Gasteiger partial charge < -0.3 is 19.5 Å². The standard InChI is InChI=1S/C35H34FN3O3/c1-2-42-31-18-14-27(15-19-31)23-38(21-20-29-22-37-33-11-7-6-10-32(29)33)34(40)25-39(24-26-12-16-30(36)17-13-26)35(41)28-8-4-3-5-9-28/h3-19,22,37H,2,20-21,23-25H2,1H3. The Bertz CT molecular complexity index is 1620. The van der Waals surface area contributed by atoms with Crippen molar-refractivity contribution in [1.82, 2.24) is 14.8 Å². The van der Waals surface area contributed by atoms with Crippen LogP contribution in [0.1, 0.15) is 34.0 Å². The predicted molar refractivity (Wildman–Crippen MR) is 163 cm³/mol. The Morgan fingerprint density at radius 2 is 1.43 bits per heavy atom. The van der Waals surface area contributed by atoms with Crippen molar-refractivity contribution in [3.63, 3.8) is 0 Å². The molecule has 1 heterocycles. The molecule has 0 aliphatic heterocycles. The van der Waals surface area contributed by atoms with Crippen molar-refractivity contribution in [2.75, 3.05) is 19.7 Å². The molecule has 7 heteroatoms. The fourth-order valence-electron chi connectivity index (χ4n) is 5.00. The molecule has 0 saturated heterocycles. The van der Waals surface area contributed by atoms with Gasteiger partial charge in [-0.3, -0.25) is 9.59 Å². The van der Waals surface area contributed by atoms with Crippen LogP contribution in [0.2, 0.25) is 0 Å². The lowest BCUT2D eigenvalue weighted by Crippen LogP contribution is -2.43. The van der Waals surface area contributed by atoms with Gasteiger partial charge in [0, 0.05) is 42.3 Å². The smallest absolute Gasteiger partial charge is 0.254 e. The number of amides is 2. The summed E-state index contributed by atoms with van der Waals surface area (Å²) in [5.74, 6) is -0.00698. The van der Waals surface area contributed by atoms with Crippen molar-refractivity contribution in [3.8, 4) is 5.75 Å². The summed E-state index contributed by atoms with van der Waals surface area (Å²) in [6, 6.07) is 30.7. The number of fused-ring (bicyclic) bond motifs is 1. The molecule has 6 nitrogen and oxygen atoms in total. The minimum absolute atomic E-state index is 0.115. The number of benzene rings is 4. The van der Waals surface area contributed by atoms with Gasteiger partial charge in [-0.15, -0.1) is 0 Å². The highest BCUT2D eigenvalue weighted by atomic mass is 19.1. The third kappa shape index (κ3) is 7.23. The maximum absolute atomic E-state index is 14.0. The maximum Gasteiger partial charge on any atom is 0.254 e. The van der Waals surface area contributed by atoms with Crippen molar-refractivity contribution in [3.05, 3.63) is 137 Å². The number of hydrogen-bond donors (Lipinski definition) is 1. The molecule has 1 aromatic heterocycles. The highest BCUT2D eigenvalue weighted by molar-refractivity contribution is 5.96. The molecule has 0 radical (unpaired) electrons. The van der Waals surface area contributed by atoms with Crippen molar-refractivity contribution in [2.24, 2.45) is 0 Å². The molecule has 1 N–H and O–H groups in total. The molecular formula is C35H34FN3O3. The van der Waals surface area contributed by atoms with Crippen molar-refractivity contribution < 1.29 is 18.7 Å². The van der Waals surface area contributed by atoms with E-state index in [9.17, 15) is 14.0 Å². The molecule has 42 heavy (non-hydrogen) atoms. The molecule has 214 valence electrons. The van der Waals surface area contributed by atoms with Crippen LogP contribution in [-0.4, -0.2) is 46.3 Å². The molecule has 0 spiro atoms. The molecule has 0 saturated carbocycles. The van der Waals surface area contributed by atoms with Gasteiger partial charge in [0.25, 0.3) is 5.91 Å². The van der Waals surface area contributed by atoms with Gasteiger partial charge in [-0.1, -0.05) is 60.7 Å². The van der Waals surface area contributed by atoms with Crippen LogP contribution in [0.4, 0.5) is 4.39 Å². The van der Waals surface area contributed by atoms with Crippen LogP contribution < -0.4 is 4.74 Å². The van der Waals surface area contributed by atoms with Gasteiger partial charge in [-0.05, 0) is 72.5 Å². The second kappa shape index (κ2) is 13.6. The fraction of sp³-hybridized carbons (Fsp3) is 0.200. The van der Waals surface area contributed by atoms with Gasteiger partial charge in [0.2, 0.25) is 5.91 Å². The van der Waals surface area contributed by atoms with E-state index in [0.29, 0.717) is 31.7 Å². The van der Waals surface area contributed by atoms with Crippen LogP contribution in [0.15, 0.2) is 109 Å². The number of carbonyl (C=O) groups is 2. The summed E-state index contributed by atoms with van der Waals surface area (Å²) in [6.07, 6.45) is 2.64. The quantitative estimate of drug-likeness (QED) is 0.186. The Kier molecular flexibility index (Phi) is 9.29. The largest absolute Gasteiger partial charge is 0.494 e. The Hall–Kier alpha value is -4.91. The first-order chi connectivity index (χ1) is 20.5. The van der Waals surface area contributed by atoms with Crippen LogP contribution in [0.5, 0.6) is 5.75 Å². The van der Waals surface area contributed by atoms with Gasteiger partial charge in [-0.2, -0.15) is 0 Å². The Morgan fingerprint density at radius 1 is 0.786 bits per heavy atom. The normalized spacial score (nSPS) is 10.9. The van der Waals surface area contributed by atoms with Crippen LogP contribution >= 0.6 is 0 Å². The number of hydrogen-bond acceptors (Lipinski definition) is 3. The molecule has 0 unspecified atom stereocenters. The molecule has 0 bridgehead atoms. The van der Waals surface area contributed by atoms with E-state index in [1.165, 1.54) is 17.0 Å². The summed E-state index contributed by atoms with van der Waals surface area (Å²) in [6.45, 7) is 3.44. The number of rotatable bonds is 12. The number of nitrogens with one attached hydrogen (secondary N) is 1. The SMILES string of the molecule is CCOc1ccc(CN(CCc2c[nH]c3ccccc23)C(=O)CN(Cc2ccc(F)cc2)C(=O)c2ccccc2)cc1. The van der Waals surface area contributed by atoms with Crippen LogP contribution in [0.3, 0.4) is 0 Å². The number of ether oxygens (including phenoxy) is 1. The second-order valence-corrected chi connectivity index (χ2v) is 10.2. The number of nitrogens with zero attached hydrogens (tertiary/aromatic N) is 2. The van der Waals surface area contributed by atoms with Crippen LogP contribution in [0.25, 0.3) is 10.9 Å². The lowest BCUT2D eigenvalue weighted by atomic mass is 10.1. The van der Waals surface area contributed by atoms with Gasteiger partial charge in [0.05, 0.1) is 6.61 Å². The number of para-hydroxylation sites is 1. The van der Waals surface area contributed by atoms with Crippen LogP contribution in [0, 0.1) is 5.82 Å². The molecule has 0 atom stereocenters. The van der Waals surface area contributed by atoms with E-state index >= 15 is 0 Å². The summed E-state index contributed by atoms with van der Waals surface area (Å²) in [5, 5.41) is 1.13. The number of carbonyl (C=O) groups excluding carboxylic acids is 2. The third-order valence-corrected chi connectivity index (χ3v) is 7.21. The molecule has 5 rings (SSSR count). The summed E-state index contributed by atoms with van der Waals surface area (Å²) in [7, 11) is 0. The van der Waals surface area contributed by atoms with Gasteiger partial charge in [0.1, 0.15) is 18.1 Å². The average Bonchev–Trinajstić information content (AvgIpc) is 3.44.